The van der Waals surface area contributed by atoms with Gasteiger partial charge in [-0.25, -0.2) is 28.1 Å². The SMILES string of the molecule is CN[C@@H](C)C(=O)N[C@H](C(=O)N1CCC[C@H]1C(=O)Nc1sc(N(SOOC)S(C)(=O)=O)nc1-c1ccccc1)C1CCCCC1.C[C@@H](C(=O)N[C@H](C(=O)N1CCC[C@H]1C(=O)Nc1sc(N)nc1-c1ccccc1)C1CCCCC1)N(C)C(=O)OC(C)(C)C. The maximum Gasteiger partial charge on any atom is 0.410 e. The van der Waals surface area contributed by atoms with Crippen molar-refractivity contribution in [3.8, 4) is 22.5 Å². The average Bonchev–Trinajstić information content (AvgIpc) is 2.90. The van der Waals surface area contributed by atoms with E-state index in [1.807, 2.05) is 48.5 Å². The van der Waals surface area contributed by atoms with E-state index >= 15 is 0 Å². The maximum atomic E-state index is 14.2. The minimum Gasteiger partial charge on any atom is -0.444 e. The van der Waals surface area contributed by atoms with Crippen LogP contribution in [0.1, 0.15) is 125 Å². The molecule has 0 radical (unpaired) electrons. The summed E-state index contributed by atoms with van der Waals surface area (Å²) in [5.74, 6) is -1.99. The number of benzene rings is 2. The number of sulfonamides is 1. The Morgan fingerprint density at radius 1 is 0.690 bits per heavy atom. The predicted octanol–water partition coefficient (Wildman–Crippen LogP) is 7.96. The second-order valence-corrected chi connectivity index (χ2v) is 28.1. The van der Waals surface area contributed by atoms with Crippen LogP contribution in [0.25, 0.3) is 22.5 Å². The van der Waals surface area contributed by atoms with Crippen LogP contribution in [0.15, 0.2) is 60.7 Å². The van der Waals surface area contributed by atoms with Crippen LogP contribution in [0.2, 0.25) is 0 Å². The molecule has 2 aromatic carbocycles. The van der Waals surface area contributed by atoms with Crippen LogP contribution in [-0.2, 0) is 52.7 Å². The number of carbonyl (C=O) groups excluding carboxylic acids is 7. The number of nitrogens with two attached hydrogens (primary N) is 1. The van der Waals surface area contributed by atoms with Gasteiger partial charge in [0.1, 0.15) is 57.2 Å². The van der Waals surface area contributed by atoms with Gasteiger partial charge in [0, 0.05) is 31.3 Å². The van der Waals surface area contributed by atoms with Gasteiger partial charge in [-0.05, 0) is 105 Å². The number of anilines is 4. The molecule has 4 heterocycles. The number of aromatic nitrogens is 2. The number of likely N-dealkylation sites (tertiary alicyclic amines) is 2. The molecule has 476 valence electrons. The molecule has 2 saturated heterocycles. The number of rotatable bonds is 21. The van der Waals surface area contributed by atoms with Gasteiger partial charge in [-0.2, -0.15) is 3.71 Å². The number of thiazole rings is 2. The van der Waals surface area contributed by atoms with Crippen molar-refractivity contribution in [2.75, 3.05) is 60.6 Å². The average molecular weight is 1280 g/mol. The molecule has 0 bridgehead atoms. The van der Waals surface area contributed by atoms with Crippen molar-refractivity contribution in [1.29, 1.82) is 0 Å². The highest BCUT2D eigenvalue weighted by Crippen LogP contribution is 2.42. The molecule has 8 rings (SSSR count). The molecule has 4 aliphatic rings. The van der Waals surface area contributed by atoms with Crippen LogP contribution in [0.5, 0.6) is 0 Å². The summed E-state index contributed by atoms with van der Waals surface area (Å²) < 4.78 is 36.2. The third-order valence-corrected chi connectivity index (χ3v) is 20.2. The van der Waals surface area contributed by atoms with Gasteiger partial charge in [0.15, 0.2) is 17.4 Å². The lowest BCUT2D eigenvalue weighted by atomic mass is 9.83. The Kier molecular flexibility index (Phi) is 24.4. The zero-order chi connectivity index (χ0) is 63.2. The fourth-order valence-electron chi connectivity index (χ4n) is 11.2. The lowest BCUT2D eigenvalue weighted by Crippen LogP contribution is -2.58. The molecule has 6 atom stereocenters. The summed E-state index contributed by atoms with van der Waals surface area (Å²) in [7, 11) is 0.599. The van der Waals surface area contributed by atoms with Crippen LogP contribution in [0, 0.1) is 11.8 Å². The zero-order valence-corrected chi connectivity index (χ0v) is 54.3. The van der Waals surface area contributed by atoms with Crippen LogP contribution in [0.4, 0.5) is 25.1 Å². The molecule has 4 aromatic rings. The molecule has 4 fully saturated rings. The standard InChI is InChI=1S/C31H44N6O5S.C28H40N6O7S3/c1-19(36(5)30(41)42-31(2,3)4)25(38)33-24(21-15-10-7-11-16-21)28(40)37-18-12-17-22(37)26(39)35-27-23(34-29(32)43-27)20-13-8-6-9-14-20;1-18(29-2)24(35)30-23(20-14-9-6-10-15-20)27(37)33-17-11-16-21(33)25(36)32-26-22(19-12-7-5-8-13-19)31-28(42-26)34(43-41-40-3)44(4,38)39/h6,8-9,13-14,19,21-22,24H,7,10-12,15-18H2,1-5H3,(H2,32,34)(H,33,38)(H,35,39);5,7-8,12-13,18,20-21,23,29H,6,9-11,14-17H2,1-4H3,(H,30,35)(H,32,36)/t19-,22-,24-;18-,21-,23-/m00/s1. The number of hydrogen-bond donors (Lipinski definition) is 6. The second kappa shape index (κ2) is 31.2. The molecule has 2 aliphatic carbocycles. The smallest absolute Gasteiger partial charge is 0.410 e. The van der Waals surface area contributed by atoms with E-state index in [1.165, 1.54) is 30.4 Å². The van der Waals surface area contributed by atoms with Crippen molar-refractivity contribution >= 4 is 107 Å². The Labute approximate surface area is 522 Å². The zero-order valence-electron chi connectivity index (χ0n) is 51.0. The monoisotopic (exact) mass is 1280 g/mol. The quantitative estimate of drug-likeness (QED) is 0.0199. The summed E-state index contributed by atoms with van der Waals surface area (Å²) in [6, 6.07) is 14.2. The highest BCUT2D eigenvalue weighted by molar-refractivity contribution is 8.12. The van der Waals surface area contributed by atoms with E-state index in [0.29, 0.717) is 83.1 Å². The first-order valence-corrected chi connectivity index (χ1v) is 33.8. The lowest BCUT2D eigenvalue weighted by Gasteiger charge is -2.36. The topological polar surface area (TPSA) is 306 Å². The molecule has 2 saturated carbocycles. The van der Waals surface area contributed by atoms with Crippen LogP contribution in [-0.4, -0.2) is 157 Å². The van der Waals surface area contributed by atoms with Crippen molar-refractivity contribution in [1.82, 2.24) is 40.6 Å². The van der Waals surface area contributed by atoms with Crippen molar-refractivity contribution < 1.29 is 55.9 Å². The van der Waals surface area contributed by atoms with Gasteiger partial charge < -0.3 is 46.9 Å². The van der Waals surface area contributed by atoms with Gasteiger partial charge in [0.25, 0.3) is 0 Å². The van der Waals surface area contributed by atoms with Crippen molar-refractivity contribution in [3.05, 3.63) is 60.7 Å². The molecular weight excluding hydrogens is 1200 g/mol. The van der Waals surface area contributed by atoms with Crippen molar-refractivity contribution in [2.45, 2.75) is 166 Å². The number of carbonyl (C=O) groups is 7. The van der Waals surface area contributed by atoms with E-state index in [0.717, 1.165) is 91.1 Å². The third-order valence-electron chi connectivity index (χ3n) is 16.0. The fourth-order valence-corrected chi connectivity index (χ4v) is 14.5. The summed E-state index contributed by atoms with van der Waals surface area (Å²) in [5.41, 5.74) is 7.74. The molecule has 24 nitrogen and oxygen atoms in total. The number of nitrogens with zero attached hydrogens (tertiary/aromatic N) is 6. The van der Waals surface area contributed by atoms with E-state index in [-0.39, 0.29) is 40.6 Å². The Morgan fingerprint density at radius 3 is 1.60 bits per heavy atom. The molecule has 87 heavy (non-hydrogen) atoms. The van der Waals surface area contributed by atoms with Crippen LogP contribution < -0.4 is 36.0 Å². The largest absolute Gasteiger partial charge is 0.444 e. The van der Waals surface area contributed by atoms with Gasteiger partial charge in [-0.1, -0.05) is 122 Å². The highest BCUT2D eigenvalue weighted by atomic mass is 32.3. The van der Waals surface area contributed by atoms with Gasteiger partial charge in [-0.15, -0.1) is 4.33 Å². The first kappa shape index (κ1) is 68.1. The van der Waals surface area contributed by atoms with Crippen molar-refractivity contribution in [3.63, 3.8) is 0 Å². The van der Waals surface area contributed by atoms with E-state index in [9.17, 15) is 42.0 Å². The summed E-state index contributed by atoms with van der Waals surface area (Å²) in [6.45, 7) is 9.44. The normalized spacial score (nSPS) is 18.9. The van der Waals surface area contributed by atoms with E-state index in [4.69, 9.17) is 14.8 Å². The summed E-state index contributed by atoms with van der Waals surface area (Å²) in [4.78, 5) is 113. The first-order chi connectivity index (χ1) is 41.4. The highest BCUT2D eigenvalue weighted by Gasteiger charge is 2.44. The Morgan fingerprint density at radius 2 is 1.15 bits per heavy atom. The molecular formula is C59H84N12O12S4. The molecule has 7 amide bonds. The third kappa shape index (κ3) is 18.1. The van der Waals surface area contributed by atoms with Gasteiger partial charge >= 0.3 is 6.09 Å². The number of ether oxygens (including phenoxy) is 1. The number of nitrogens with one attached hydrogen (secondary N) is 5. The van der Waals surface area contributed by atoms with E-state index < -0.39 is 69.8 Å². The fraction of sp³-hybridized carbons (Fsp3) is 0.576. The molecule has 0 unspecified atom stereocenters. The molecule has 2 aromatic heterocycles. The number of nitrogen functional groups attached to an aromatic ring is 1. The van der Waals surface area contributed by atoms with E-state index in [1.54, 1.807) is 63.6 Å². The predicted molar refractivity (Wildman–Crippen MR) is 338 cm³/mol. The number of hydrogen-bond acceptors (Lipinski definition) is 19. The Bertz CT molecular complexity index is 3120. The summed E-state index contributed by atoms with van der Waals surface area (Å²) in [5, 5.41) is 16.0. The van der Waals surface area contributed by atoms with Crippen LogP contribution in [0.3, 0.4) is 0 Å². The van der Waals surface area contributed by atoms with Gasteiger partial charge in [0.2, 0.25) is 50.6 Å². The second-order valence-electron chi connectivity index (χ2n) is 23.3. The number of amides is 7. The Balaban J connectivity index is 0.000000249. The first-order valence-electron chi connectivity index (χ1n) is 29.6. The lowest BCUT2D eigenvalue weighted by molar-refractivity contribution is -0.160. The number of likely N-dealkylation sites (N-methyl/N-ethyl adjacent to an activating group) is 2. The van der Waals surface area contributed by atoms with Gasteiger partial charge in [-0.3, -0.25) is 33.7 Å². The van der Waals surface area contributed by atoms with Crippen molar-refractivity contribution in [2.24, 2.45) is 11.8 Å². The minimum absolute atomic E-state index is 0.00361. The summed E-state index contributed by atoms with van der Waals surface area (Å²) in [6.07, 6.45) is 12.0. The molecule has 2 aliphatic heterocycles. The van der Waals surface area contributed by atoms with Crippen LogP contribution >= 0.6 is 34.9 Å². The molecule has 0 spiro atoms. The summed E-state index contributed by atoms with van der Waals surface area (Å²) >= 11 is 2.58. The Hall–Kier alpha value is -6.43. The molecule has 28 heteroatoms. The van der Waals surface area contributed by atoms with Gasteiger partial charge in [0.05, 0.1) is 19.4 Å². The maximum absolute atomic E-state index is 14.2. The van der Waals surface area contributed by atoms with E-state index in [2.05, 4.69) is 41.4 Å². The molecule has 7 N–H and O–H groups in total. The minimum atomic E-state index is -3.84.